The van der Waals surface area contributed by atoms with E-state index in [9.17, 15) is 14.9 Å². The number of ether oxygens (including phenoxy) is 2. The molecule has 6 rings (SSSR count). The molecule has 1 aliphatic carbocycles. The van der Waals surface area contributed by atoms with Gasteiger partial charge in [0, 0.05) is 48.2 Å². The van der Waals surface area contributed by atoms with E-state index in [2.05, 4.69) is 26.3 Å². The van der Waals surface area contributed by atoms with Gasteiger partial charge < -0.3 is 20.1 Å². The Hall–Kier alpha value is -5.03. The first-order chi connectivity index (χ1) is 22.5. The Bertz CT molecular complexity index is 2080. The third-order valence-corrected chi connectivity index (χ3v) is 7.91. The predicted molar refractivity (Wildman–Crippen MR) is 165 cm³/mol. The summed E-state index contributed by atoms with van der Waals surface area (Å²) in [6.45, 7) is 4.43. The van der Waals surface area contributed by atoms with Crippen LogP contribution < -0.4 is 25.8 Å². The van der Waals surface area contributed by atoms with Crippen molar-refractivity contribution in [1.82, 2.24) is 25.0 Å². The van der Waals surface area contributed by atoms with Gasteiger partial charge in [0.25, 0.3) is 5.56 Å². The summed E-state index contributed by atoms with van der Waals surface area (Å²) in [5.41, 5.74) is 4.34. The Labute approximate surface area is 262 Å². The van der Waals surface area contributed by atoms with Crippen LogP contribution in [0.5, 0.6) is 5.75 Å². The lowest BCUT2D eigenvalue weighted by atomic mass is 9.96. The number of likely N-dealkylation sites (N-methyl/N-ethyl adjacent to an activating group) is 1. The van der Waals surface area contributed by atoms with Crippen LogP contribution in [-0.4, -0.2) is 62.3 Å². The van der Waals surface area contributed by atoms with E-state index in [4.69, 9.17) is 19.3 Å². The Morgan fingerprint density at radius 2 is 2.13 bits per heavy atom. The average molecular weight is 619 g/mol. The van der Waals surface area contributed by atoms with Crippen LogP contribution in [0.2, 0.25) is 0 Å². The molecule has 1 aromatic carbocycles. The van der Waals surface area contributed by atoms with Crippen LogP contribution in [0.15, 0.2) is 23.1 Å². The fraction of sp³-hybridized carbons (Fsp3) is 0.419. The maximum Gasteiger partial charge on any atom is 0.415 e. The number of halogens is 1. The summed E-state index contributed by atoms with van der Waals surface area (Å²) in [7, 11) is 1.55. The molecule has 1 saturated carbocycles. The van der Waals surface area contributed by atoms with Gasteiger partial charge in [-0.2, -0.15) is 15.5 Å². The number of pyridine rings is 1. The van der Waals surface area contributed by atoms with Crippen molar-refractivity contribution in [1.29, 1.82) is 5.26 Å². The molecule has 4 heterocycles. The number of nitrogens with two attached hydrogens (primary N) is 1. The second-order valence-electron chi connectivity index (χ2n) is 12.2. The lowest BCUT2D eigenvalue weighted by molar-refractivity contribution is 0.0588. The van der Waals surface area contributed by atoms with Gasteiger partial charge in [0.15, 0.2) is 11.6 Å². The van der Waals surface area contributed by atoms with Crippen molar-refractivity contribution >= 4 is 28.4 Å². The summed E-state index contributed by atoms with van der Waals surface area (Å²) in [5, 5.41) is 20.9. The molecule has 45 heavy (non-hydrogen) atoms. The Kier molecular flexibility index (Phi) is 6.19. The highest BCUT2D eigenvalue weighted by molar-refractivity contribution is 6.02. The van der Waals surface area contributed by atoms with Crippen molar-refractivity contribution in [3.8, 4) is 34.3 Å². The summed E-state index contributed by atoms with van der Waals surface area (Å²) in [5.74, 6) is -1.02. The van der Waals surface area contributed by atoms with Crippen molar-refractivity contribution in [3.05, 3.63) is 45.8 Å². The zero-order valence-electron chi connectivity index (χ0n) is 28.5. The zero-order chi connectivity index (χ0) is 34.9. The molecule has 0 bridgehead atoms. The molecule has 13 nitrogen and oxygen atoms in total. The average Bonchev–Trinajstić information content (AvgIpc) is 3.63. The third-order valence-electron chi connectivity index (χ3n) is 7.91. The topological polar surface area (TPSA) is 168 Å². The highest BCUT2D eigenvalue weighted by Gasteiger charge is 2.51. The minimum Gasteiger partial charge on any atom is -0.482 e. The maximum atomic E-state index is 16.3. The molecule has 1 amide bonds. The monoisotopic (exact) mass is 618 g/mol. The number of aromatic nitrogens is 5. The van der Waals surface area contributed by atoms with Crippen molar-refractivity contribution in [2.24, 2.45) is 12.8 Å². The summed E-state index contributed by atoms with van der Waals surface area (Å²) in [6.07, 6.45) is 1.68. The molecule has 2 aliphatic rings. The van der Waals surface area contributed by atoms with Crippen molar-refractivity contribution < 1.29 is 22.8 Å². The molecule has 0 radical (unpaired) electrons. The Morgan fingerprint density at radius 3 is 2.76 bits per heavy atom. The molecule has 0 atom stereocenters. The standard InChI is InChI=1S/C31H34FN9O4/c1-7-41-15-31(8-9-31)44-26-17(12-33)23(19(32)11-22(26)41)25-18(14-35-40(25)6)20-10-16-21(13-34)37-38-28(42)24(16)27(36-20)39(5)29(43)45-30(2,3)4/h10-11,14H,7-9,13,15,34H2,1-6H3,(H,38,42)/i5D3. The van der Waals surface area contributed by atoms with Gasteiger partial charge in [-0.05, 0) is 46.6 Å². The first kappa shape index (κ1) is 26.4. The van der Waals surface area contributed by atoms with Crippen LogP contribution in [0.3, 0.4) is 0 Å². The molecule has 1 aliphatic heterocycles. The fourth-order valence-electron chi connectivity index (χ4n) is 5.65. The zero-order valence-corrected chi connectivity index (χ0v) is 25.5. The third kappa shape index (κ3) is 5.02. The maximum absolute atomic E-state index is 16.3. The minimum atomic E-state index is -3.17. The van der Waals surface area contributed by atoms with Gasteiger partial charge in [-0.15, -0.1) is 0 Å². The van der Waals surface area contributed by atoms with Gasteiger partial charge >= 0.3 is 6.09 Å². The molecule has 14 heteroatoms. The van der Waals surface area contributed by atoms with E-state index in [1.165, 1.54) is 23.0 Å². The van der Waals surface area contributed by atoms with Gasteiger partial charge in [-0.1, -0.05) is 0 Å². The summed E-state index contributed by atoms with van der Waals surface area (Å²) in [6, 6.07) is 4.91. The summed E-state index contributed by atoms with van der Waals surface area (Å²) < 4.78 is 54.2. The summed E-state index contributed by atoms with van der Waals surface area (Å²) in [4.78, 5) is 33.5. The number of carbonyl (C=O) groups excluding carboxylic acids is 1. The number of nitriles is 1. The van der Waals surface area contributed by atoms with Gasteiger partial charge in [0.05, 0.1) is 46.5 Å². The van der Waals surface area contributed by atoms with E-state index in [0.717, 1.165) is 12.8 Å². The van der Waals surface area contributed by atoms with E-state index < -0.39 is 41.5 Å². The number of hydrogen-bond acceptors (Lipinski definition) is 10. The molecule has 0 saturated heterocycles. The molecular formula is C31H34FN9O4. The van der Waals surface area contributed by atoms with Gasteiger partial charge in [0.2, 0.25) is 0 Å². The van der Waals surface area contributed by atoms with Crippen LogP contribution >= 0.6 is 0 Å². The number of anilines is 2. The minimum absolute atomic E-state index is 0.00344. The predicted octanol–water partition coefficient (Wildman–Crippen LogP) is 3.98. The number of nitrogens with zero attached hydrogens (tertiary/aromatic N) is 7. The quantitative estimate of drug-likeness (QED) is 0.334. The molecule has 4 aromatic rings. The van der Waals surface area contributed by atoms with Crippen LogP contribution in [0.1, 0.15) is 55.9 Å². The van der Waals surface area contributed by atoms with E-state index in [1.807, 2.05) is 11.8 Å². The Morgan fingerprint density at radius 1 is 1.38 bits per heavy atom. The Balaban J connectivity index is 1.65. The van der Waals surface area contributed by atoms with Crippen LogP contribution in [0.4, 0.5) is 20.7 Å². The number of amides is 1. The normalized spacial score (nSPS) is 16.3. The van der Waals surface area contributed by atoms with E-state index in [0.29, 0.717) is 23.7 Å². The SMILES string of the molecule is [2H]C([2H])([2H])N(C(=O)OC(C)(C)C)c1nc(-c2cnn(C)c2-c2c(F)cc3c(c2C#N)OC2(CC2)CN3CC)cc2c(CN)n[nH]c(=O)c12. The number of rotatable bonds is 5. The van der Waals surface area contributed by atoms with E-state index in [1.54, 1.807) is 27.8 Å². The van der Waals surface area contributed by atoms with Gasteiger partial charge in [-0.25, -0.2) is 19.3 Å². The number of nitrogens with one attached hydrogen (secondary N) is 1. The number of aryl methyl sites for hydroxylation is 1. The number of hydrogen-bond donors (Lipinski definition) is 2. The van der Waals surface area contributed by atoms with Crippen molar-refractivity contribution in [2.75, 3.05) is 29.9 Å². The number of carbonyl (C=O) groups is 1. The number of benzene rings is 1. The largest absolute Gasteiger partial charge is 0.482 e. The number of fused-ring (bicyclic) bond motifs is 2. The van der Waals surface area contributed by atoms with E-state index in [-0.39, 0.29) is 56.8 Å². The highest BCUT2D eigenvalue weighted by atomic mass is 19.1. The van der Waals surface area contributed by atoms with Crippen LogP contribution in [-0.2, 0) is 18.3 Å². The molecule has 1 fully saturated rings. The number of H-pyrrole nitrogens is 1. The second-order valence-corrected chi connectivity index (χ2v) is 12.2. The molecule has 1 spiro atoms. The van der Waals surface area contributed by atoms with Gasteiger partial charge in [0.1, 0.15) is 28.7 Å². The first-order valence-corrected chi connectivity index (χ1v) is 14.4. The van der Waals surface area contributed by atoms with Gasteiger partial charge in [-0.3, -0.25) is 14.4 Å². The first-order valence-electron chi connectivity index (χ1n) is 15.9. The molecule has 234 valence electrons. The second kappa shape index (κ2) is 10.6. The molecule has 3 aromatic heterocycles. The lowest BCUT2D eigenvalue weighted by Gasteiger charge is -2.37. The lowest BCUT2D eigenvalue weighted by Crippen LogP contribution is -2.42. The smallest absolute Gasteiger partial charge is 0.415 e. The van der Waals surface area contributed by atoms with Crippen molar-refractivity contribution in [3.63, 3.8) is 0 Å². The molecule has 3 N–H and O–H groups in total. The van der Waals surface area contributed by atoms with E-state index >= 15 is 4.39 Å². The van der Waals surface area contributed by atoms with Crippen molar-refractivity contribution in [2.45, 2.75) is 58.3 Å². The molecular weight excluding hydrogens is 581 g/mol. The fourth-order valence-corrected chi connectivity index (χ4v) is 5.65. The molecule has 0 unspecified atom stereocenters. The van der Waals surface area contributed by atoms with Crippen LogP contribution in [0.25, 0.3) is 33.3 Å². The highest BCUT2D eigenvalue weighted by Crippen LogP contribution is 2.52. The summed E-state index contributed by atoms with van der Waals surface area (Å²) >= 11 is 0. The number of aromatic amines is 1. The van der Waals surface area contributed by atoms with Crippen LogP contribution in [0, 0.1) is 17.1 Å².